The van der Waals surface area contributed by atoms with Crippen molar-refractivity contribution >= 4 is 0 Å². The van der Waals surface area contributed by atoms with Gasteiger partial charge in [-0.3, -0.25) is 0 Å². The lowest BCUT2D eigenvalue weighted by Gasteiger charge is -2.20. The second-order valence-corrected chi connectivity index (χ2v) is 4.67. The van der Waals surface area contributed by atoms with E-state index in [9.17, 15) is 0 Å². The van der Waals surface area contributed by atoms with Crippen LogP contribution in [0.5, 0.6) is 0 Å². The summed E-state index contributed by atoms with van der Waals surface area (Å²) in [4.78, 5) is 0. The zero-order valence-corrected chi connectivity index (χ0v) is 8.40. The summed E-state index contributed by atoms with van der Waals surface area (Å²) in [7, 11) is 0. The van der Waals surface area contributed by atoms with Crippen LogP contribution in [-0.2, 0) is 0 Å². The van der Waals surface area contributed by atoms with Crippen LogP contribution in [0, 0.1) is 0 Å². The van der Waals surface area contributed by atoms with Crippen molar-refractivity contribution in [3.8, 4) is 0 Å². The highest BCUT2D eigenvalue weighted by atomic mass is 14.9. The fraction of sp³-hybridized carbons (Fsp3) is 1.00. The Kier molecular flexibility index (Phi) is 3.53. The monoisotopic (exact) mass is 170 g/mol. The molecule has 0 bridgehead atoms. The number of hydrogen-bond acceptors (Lipinski definition) is 2. The van der Waals surface area contributed by atoms with Crippen molar-refractivity contribution in [2.24, 2.45) is 5.73 Å². The molecule has 0 aromatic carbocycles. The fourth-order valence-electron chi connectivity index (χ4n) is 1.73. The summed E-state index contributed by atoms with van der Waals surface area (Å²) in [5, 5.41) is 3.56. The standard InChI is InChI=1S/C10H22N2/c1-10(2,11)7-8-12-9-5-3-4-6-9/h9,12H,3-8,11H2,1-2H3. The van der Waals surface area contributed by atoms with E-state index >= 15 is 0 Å². The van der Waals surface area contributed by atoms with Crippen LogP contribution >= 0.6 is 0 Å². The summed E-state index contributed by atoms with van der Waals surface area (Å²) in [5.74, 6) is 0. The molecule has 0 atom stereocenters. The van der Waals surface area contributed by atoms with Gasteiger partial charge in [-0.15, -0.1) is 0 Å². The Balaban J connectivity index is 2.02. The van der Waals surface area contributed by atoms with E-state index < -0.39 is 0 Å². The molecule has 1 rings (SSSR count). The van der Waals surface area contributed by atoms with Gasteiger partial charge in [-0.1, -0.05) is 12.8 Å². The highest BCUT2D eigenvalue weighted by Crippen LogP contribution is 2.17. The maximum atomic E-state index is 5.88. The lowest BCUT2D eigenvalue weighted by atomic mass is 10.0. The van der Waals surface area contributed by atoms with Crippen LogP contribution in [0.3, 0.4) is 0 Å². The van der Waals surface area contributed by atoms with E-state index in [1.807, 2.05) is 0 Å². The molecule has 1 aliphatic carbocycles. The predicted octanol–water partition coefficient (Wildman–Crippen LogP) is 1.65. The third-order valence-electron chi connectivity index (χ3n) is 2.56. The van der Waals surface area contributed by atoms with Crippen LogP contribution in [-0.4, -0.2) is 18.1 Å². The first kappa shape index (κ1) is 10.0. The van der Waals surface area contributed by atoms with E-state index in [0.717, 1.165) is 19.0 Å². The van der Waals surface area contributed by atoms with Crippen molar-refractivity contribution in [2.75, 3.05) is 6.54 Å². The molecule has 1 fully saturated rings. The first-order chi connectivity index (χ1) is 5.58. The lowest BCUT2D eigenvalue weighted by Crippen LogP contribution is -2.37. The Morgan fingerprint density at radius 1 is 1.33 bits per heavy atom. The average molecular weight is 170 g/mol. The molecule has 0 amide bonds. The molecular weight excluding hydrogens is 148 g/mol. The summed E-state index contributed by atoms with van der Waals surface area (Å²) < 4.78 is 0. The van der Waals surface area contributed by atoms with Gasteiger partial charge in [0.2, 0.25) is 0 Å². The summed E-state index contributed by atoms with van der Waals surface area (Å²) in [5.41, 5.74) is 5.87. The normalized spacial score (nSPS) is 20.2. The predicted molar refractivity (Wildman–Crippen MR) is 53.1 cm³/mol. The zero-order chi connectivity index (χ0) is 9.03. The summed E-state index contributed by atoms with van der Waals surface area (Å²) in [6.07, 6.45) is 6.62. The summed E-state index contributed by atoms with van der Waals surface area (Å²) >= 11 is 0. The molecule has 0 aromatic rings. The molecule has 0 aliphatic heterocycles. The average Bonchev–Trinajstić information content (AvgIpc) is 2.36. The SMILES string of the molecule is CC(C)(N)CCNC1CCCC1. The first-order valence-corrected chi connectivity index (χ1v) is 5.10. The first-order valence-electron chi connectivity index (χ1n) is 5.10. The van der Waals surface area contributed by atoms with E-state index in [-0.39, 0.29) is 5.54 Å². The molecule has 0 aromatic heterocycles. The summed E-state index contributed by atoms with van der Waals surface area (Å²) in [6.45, 7) is 5.25. The van der Waals surface area contributed by atoms with Gasteiger partial charge < -0.3 is 11.1 Å². The third-order valence-corrected chi connectivity index (χ3v) is 2.56. The molecule has 1 saturated carbocycles. The second kappa shape index (κ2) is 4.24. The van der Waals surface area contributed by atoms with Crippen molar-refractivity contribution in [3.63, 3.8) is 0 Å². The van der Waals surface area contributed by atoms with Gasteiger partial charge in [-0.25, -0.2) is 0 Å². The molecule has 0 radical (unpaired) electrons. The van der Waals surface area contributed by atoms with Crippen molar-refractivity contribution < 1.29 is 0 Å². The lowest BCUT2D eigenvalue weighted by molar-refractivity contribution is 0.426. The van der Waals surface area contributed by atoms with E-state index in [4.69, 9.17) is 5.73 Å². The molecular formula is C10H22N2. The molecule has 0 saturated heterocycles. The van der Waals surface area contributed by atoms with E-state index in [0.29, 0.717) is 0 Å². The minimum absolute atomic E-state index is 0.00833. The number of rotatable bonds is 4. The molecule has 12 heavy (non-hydrogen) atoms. The molecule has 0 unspecified atom stereocenters. The van der Waals surface area contributed by atoms with Gasteiger partial charge in [0, 0.05) is 11.6 Å². The minimum Gasteiger partial charge on any atom is -0.326 e. The highest BCUT2D eigenvalue weighted by molar-refractivity contribution is 4.77. The van der Waals surface area contributed by atoms with Crippen LogP contribution in [0.1, 0.15) is 46.0 Å². The van der Waals surface area contributed by atoms with Crippen LogP contribution in [0.15, 0.2) is 0 Å². The smallest absolute Gasteiger partial charge is 0.0109 e. The van der Waals surface area contributed by atoms with E-state index in [1.165, 1.54) is 25.7 Å². The van der Waals surface area contributed by atoms with Crippen molar-refractivity contribution in [2.45, 2.75) is 57.5 Å². The largest absolute Gasteiger partial charge is 0.326 e. The third kappa shape index (κ3) is 4.07. The zero-order valence-electron chi connectivity index (χ0n) is 8.40. The van der Waals surface area contributed by atoms with E-state index in [1.54, 1.807) is 0 Å². The van der Waals surface area contributed by atoms with Crippen LogP contribution in [0.2, 0.25) is 0 Å². The van der Waals surface area contributed by atoms with Crippen LogP contribution in [0.25, 0.3) is 0 Å². The minimum atomic E-state index is -0.00833. The summed E-state index contributed by atoms with van der Waals surface area (Å²) in [6, 6.07) is 0.785. The Morgan fingerprint density at radius 2 is 1.92 bits per heavy atom. The Bertz CT molecular complexity index is 120. The quantitative estimate of drug-likeness (QED) is 0.673. The second-order valence-electron chi connectivity index (χ2n) is 4.67. The number of hydrogen-bond donors (Lipinski definition) is 2. The van der Waals surface area contributed by atoms with Gasteiger partial charge in [0.25, 0.3) is 0 Å². The molecule has 72 valence electrons. The van der Waals surface area contributed by atoms with Gasteiger partial charge in [0.1, 0.15) is 0 Å². The number of nitrogens with one attached hydrogen (secondary N) is 1. The molecule has 0 heterocycles. The molecule has 3 N–H and O–H groups in total. The maximum Gasteiger partial charge on any atom is 0.0109 e. The van der Waals surface area contributed by atoms with Gasteiger partial charge in [-0.2, -0.15) is 0 Å². The topological polar surface area (TPSA) is 38.0 Å². The Morgan fingerprint density at radius 3 is 2.42 bits per heavy atom. The number of nitrogens with two attached hydrogens (primary N) is 1. The Hall–Kier alpha value is -0.0800. The maximum absolute atomic E-state index is 5.88. The van der Waals surface area contributed by atoms with Crippen LogP contribution in [0.4, 0.5) is 0 Å². The van der Waals surface area contributed by atoms with Crippen molar-refractivity contribution in [3.05, 3.63) is 0 Å². The fourth-order valence-corrected chi connectivity index (χ4v) is 1.73. The molecule has 1 aliphatic rings. The van der Waals surface area contributed by atoms with E-state index in [2.05, 4.69) is 19.2 Å². The molecule has 2 nitrogen and oxygen atoms in total. The highest BCUT2D eigenvalue weighted by Gasteiger charge is 2.15. The van der Waals surface area contributed by atoms with Gasteiger partial charge in [-0.05, 0) is 39.7 Å². The van der Waals surface area contributed by atoms with Crippen LogP contribution < -0.4 is 11.1 Å². The Labute approximate surface area is 75.9 Å². The van der Waals surface area contributed by atoms with Gasteiger partial charge in [0.05, 0.1) is 0 Å². The van der Waals surface area contributed by atoms with Gasteiger partial charge >= 0.3 is 0 Å². The van der Waals surface area contributed by atoms with Gasteiger partial charge in [0.15, 0.2) is 0 Å². The molecule has 0 spiro atoms. The van der Waals surface area contributed by atoms with Crippen molar-refractivity contribution in [1.82, 2.24) is 5.32 Å². The molecule has 2 heteroatoms. The van der Waals surface area contributed by atoms with Crippen molar-refractivity contribution in [1.29, 1.82) is 0 Å².